The highest BCUT2D eigenvalue weighted by Gasteiger charge is 2.21. The van der Waals surface area contributed by atoms with Crippen molar-refractivity contribution in [3.05, 3.63) is 63.1 Å². The first kappa shape index (κ1) is 17.7. The Morgan fingerprint density at radius 2 is 1.85 bits per heavy atom. The van der Waals surface area contributed by atoms with Crippen LogP contribution in [0.5, 0.6) is 0 Å². The van der Waals surface area contributed by atoms with Crippen molar-refractivity contribution in [1.82, 2.24) is 23.9 Å². The van der Waals surface area contributed by atoms with Crippen LogP contribution >= 0.6 is 11.8 Å². The summed E-state index contributed by atoms with van der Waals surface area (Å²) in [5.74, 6) is -0.692. The molecule has 3 aromatic rings. The molecule has 0 radical (unpaired) electrons. The van der Waals surface area contributed by atoms with Crippen molar-refractivity contribution < 1.29 is 4.79 Å². The van der Waals surface area contributed by atoms with E-state index in [0.717, 1.165) is 26.6 Å². The summed E-state index contributed by atoms with van der Waals surface area (Å²) in [7, 11) is 2.72. The van der Waals surface area contributed by atoms with Crippen LogP contribution in [0, 0.1) is 0 Å². The summed E-state index contributed by atoms with van der Waals surface area (Å²) in [6, 6.07) is 9.42. The predicted octanol–water partition coefficient (Wildman–Crippen LogP) is 0.222. The smallest absolute Gasteiger partial charge is 0.332 e. The van der Waals surface area contributed by atoms with E-state index in [2.05, 4.69) is 10.2 Å². The van der Waals surface area contributed by atoms with E-state index in [-0.39, 0.29) is 17.1 Å². The average molecular weight is 372 g/mol. The zero-order valence-corrected chi connectivity index (χ0v) is 14.9. The molecule has 2 heterocycles. The van der Waals surface area contributed by atoms with Crippen molar-refractivity contribution in [2.75, 3.05) is 11.5 Å². The van der Waals surface area contributed by atoms with E-state index >= 15 is 0 Å². The Kier molecular flexibility index (Phi) is 4.76. The number of ketones is 1. The number of Topliss-reactive ketones (excluding diaryl/α,β-unsaturated/α-hetero) is 1. The van der Waals surface area contributed by atoms with Crippen LogP contribution in [0.15, 0.2) is 51.4 Å². The van der Waals surface area contributed by atoms with Crippen LogP contribution in [-0.2, 0) is 14.1 Å². The number of anilines is 1. The second kappa shape index (κ2) is 7.00. The van der Waals surface area contributed by atoms with Crippen molar-refractivity contribution in [3.63, 3.8) is 0 Å². The molecule has 0 saturated heterocycles. The maximum Gasteiger partial charge on any atom is 0.332 e. The van der Waals surface area contributed by atoms with E-state index < -0.39 is 17.0 Å². The molecule has 3 rings (SSSR count). The number of rotatable bonds is 5. The number of aromatic nitrogens is 5. The van der Waals surface area contributed by atoms with Gasteiger partial charge in [0.05, 0.1) is 5.75 Å². The Morgan fingerprint density at radius 1 is 1.15 bits per heavy atom. The van der Waals surface area contributed by atoms with Gasteiger partial charge in [-0.2, -0.15) is 0 Å². The number of carbonyl (C=O) groups is 1. The normalized spacial score (nSPS) is 10.8. The van der Waals surface area contributed by atoms with Crippen molar-refractivity contribution in [2.24, 2.45) is 14.1 Å². The fourth-order valence-corrected chi connectivity index (χ4v) is 3.21. The van der Waals surface area contributed by atoms with Gasteiger partial charge in [0.25, 0.3) is 5.56 Å². The first-order valence-corrected chi connectivity index (χ1v) is 8.57. The Balaban J connectivity index is 1.87. The minimum Gasteiger partial charge on any atom is -0.384 e. The number of benzene rings is 1. The first-order valence-electron chi connectivity index (χ1n) is 7.58. The Labute approximate surface area is 152 Å². The molecule has 0 fully saturated rings. The molecule has 0 aliphatic carbocycles. The van der Waals surface area contributed by atoms with Crippen LogP contribution in [0.25, 0.3) is 5.69 Å². The molecular weight excluding hydrogens is 356 g/mol. The molecule has 0 spiro atoms. The monoisotopic (exact) mass is 372 g/mol. The van der Waals surface area contributed by atoms with Crippen LogP contribution in [0.1, 0.15) is 10.4 Å². The van der Waals surface area contributed by atoms with Gasteiger partial charge in [-0.05, 0) is 12.1 Å². The molecule has 2 aromatic heterocycles. The minimum absolute atomic E-state index is 0.0663. The topological polar surface area (TPSA) is 118 Å². The lowest BCUT2D eigenvalue weighted by Crippen LogP contribution is -2.41. The van der Waals surface area contributed by atoms with Gasteiger partial charge in [0.1, 0.15) is 17.7 Å². The average Bonchev–Trinajstić information content (AvgIpc) is 3.12. The highest BCUT2D eigenvalue weighted by molar-refractivity contribution is 7.99. The highest BCUT2D eigenvalue weighted by Crippen LogP contribution is 2.20. The summed E-state index contributed by atoms with van der Waals surface area (Å²) in [5.41, 5.74) is 5.17. The molecule has 0 atom stereocenters. The van der Waals surface area contributed by atoms with Crippen molar-refractivity contribution in [1.29, 1.82) is 0 Å². The molecular formula is C16H16N6O3S. The quantitative estimate of drug-likeness (QED) is 0.503. The molecule has 134 valence electrons. The van der Waals surface area contributed by atoms with Gasteiger partial charge in [-0.1, -0.05) is 30.0 Å². The van der Waals surface area contributed by atoms with Crippen LogP contribution < -0.4 is 17.0 Å². The number of thioether (sulfide) groups is 1. The Bertz CT molecular complexity index is 1080. The minimum atomic E-state index is -0.708. The maximum absolute atomic E-state index is 12.6. The van der Waals surface area contributed by atoms with Crippen molar-refractivity contribution >= 4 is 23.4 Å². The molecule has 0 unspecified atom stereocenters. The fourth-order valence-electron chi connectivity index (χ4n) is 2.41. The first-order chi connectivity index (χ1) is 12.4. The summed E-state index contributed by atoms with van der Waals surface area (Å²) >= 11 is 1.13. The molecule has 1 aromatic carbocycles. The van der Waals surface area contributed by atoms with E-state index in [4.69, 9.17) is 5.73 Å². The Morgan fingerprint density at radius 3 is 2.54 bits per heavy atom. The summed E-state index contributed by atoms with van der Waals surface area (Å²) in [5, 5.41) is 8.38. The lowest BCUT2D eigenvalue weighted by atomic mass is 10.2. The third-order valence-corrected chi connectivity index (χ3v) is 4.81. The largest absolute Gasteiger partial charge is 0.384 e. The molecule has 0 bridgehead atoms. The number of hydrogen-bond acceptors (Lipinski definition) is 7. The Hall–Kier alpha value is -3.14. The van der Waals surface area contributed by atoms with E-state index in [0.29, 0.717) is 5.16 Å². The summed E-state index contributed by atoms with van der Waals surface area (Å²) < 4.78 is 3.67. The number of para-hydroxylation sites is 1. The van der Waals surface area contributed by atoms with Crippen LogP contribution in [0.3, 0.4) is 0 Å². The van der Waals surface area contributed by atoms with Gasteiger partial charge in [-0.15, -0.1) is 10.2 Å². The van der Waals surface area contributed by atoms with Crippen LogP contribution in [-0.4, -0.2) is 35.4 Å². The van der Waals surface area contributed by atoms with Gasteiger partial charge in [-0.3, -0.25) is 23.3 Å². The lowest BCUT2D eigenvalue weighted by molar-refractivity contribution is 0.102. The van der Waals surface area contributed by atoms with Crippen LogP contribution in [0.4, 0.5) is 5.82 Å². The highest BCUT2D eigenvalue weighted by atomic mass is 32.2. The molecule has 26 heavy (non-hydrogen) atoms. The van der Waals surface area contributed by atoms with Gasteiger partial charge in [-0.25, -0.2) is 4.79 Å². The summed E-state index contributed by atoms with van der Waals surface area (Å²) in [6.07, 6.45) is 1.54. The van der Waals surface area contributed by atoms with Crippen LogP contribution in [0.2, 0.25) is 0 Å². The maximum atomic E-state index is 12.6. The van der Waals surface area contributed by atoms with E-state index in [1.54, 1.807) is 10.9 Å². The number of carbonyl (C=O) groups excluding carboxylic acids is 1. The molecule has 2 N–H and O–H groups in total. The second-order valence-corrected chi connectivity index (χ2v) is 6.44. The molecule has 0 aliphatic heterocycles. The second-order valence-electron chi connectivity index (χ2n) is 5.50. The SMILES string of the molecule is Cn1c(N)c(C(=O)CSc2nncn2-c2ccccc2)c(=O)n(C)c1=O. The lowest BCUT2D eigenvalue weighted by Gasteiger charge is -2.10. The zero-order chi connectivity index (χ0) is 18.8. The number of hydrogen-bond donors (Lipinski definition) is 1. The number of nitrogens with zero attached hydrogens (tertiary/aromatic N) is 5. The zero-order valence-electron chi connectivity index (χ0n) is 14.1. The molecule has 0 amide bonds. The molecule has 9 nitrogen and oxygen atoms in total. The summed E-state index contributed by atoms with van der Waals surface area (Å²) in [4.78, 5) is 36.7. The van der Waals surface area contributed by atoms with Gasteiger partial charge in [0.15, 0.2) is 10.9 Å². The van der Waals surface area contributed by atoms with E-state index in [1.807, 2.05) is 30.3 Å². The standard InChI is InChI=1S/C16H16N6O3S/c1-20-13(17)12(14(24)21(2)16(20)25)11(23)8-26-15-19-18-9-22(15)10-6-4-3-5-7-10/h3-7,9H,8,17H2,1-2H3. The third kappa shape index (κ3) is 3.06. The van der Waals surface area contributed by atoms with Gasteiger partial charge in [0, 0.05) is 19.8 Å². The molecule has 0 aliphatic rings. The van der Waals surface area contributed by atoms with Crippen molar-refractivity contribution in [2.45, 2.75) is 5.16 Å². The number of nitrogens with two attached hydrogens (primary N) is 1. The fraction of sp³-hybridized carbons (Fsp3) is 0.188. The summed E-state index contributed by atoms with van der Waals surface area (Å²) in [6.45, 7) is 0. The van der Waals surface area contributed by atoms with E-state index in [9.17, 15) is 14.4 Å². The van der Waals surface area contributed by atoms with Gasteiger partial charge < -0.3 is 5.73 Å². The van der Waals surface area contributed by atoms with Gasteiger partial charge in [0.2, 0.25) is 0 Å². The van der Waals surface area contributed by atoms with E-state index in [1.165, 1.54) is 14.1 Å². The molecule has 0 saturated carbocycles. The van der Waals surface area contributed by atoms with Gasteiger partial charge >= 0.3 is 5.69 Å². The predicted molar refractivity (Wildman–Crippen MR) is 97.7 cm³/mol. The molecule has 10 heteroatoms. The van der Waals surface area contributed by atoms with Crippen molar-refractivity contribution in [3.8, 4) is 5.69 Å². The third-order valence-electron chi connectivity index (χ3n) is 3.87. The number of nitrogen functional groups attached to an aromatic ring is 1.